The van der Waals surface area contributed by atoms with Gasteiger partial charge in [0.05, 0.1) is 21.2 Å². The quantitative estimate of drug-likeness (QED) is 0.383. The van der Waals surface area contributed by atoms with Gasteiger partial charge in [-0.05, 0) is 48.9 Å². The number of thioether (sulfide) groups is 1. The first kappa shape index (κ1) is 20.4. The summed E-state index contributed by atoms with van der Waals surface area (Å²) in [7, 11) is 0. The van der Waals surface area contributed by atoms with Gasteiger partial charge >= 0.3 is 5.97 Å². The number of furan rings is 1. The highest BCUT2D eigenvalue weighted by Gasteiger charge is 2.33. The molecule has 0 aliphatic carbocycles. The third-order valence-corrected chi connectivity index (χ3v) is 6.05. The van der Waals surface area contributed by atoms with Gasteiger partial charge in [0.15, 0.2) is 4.32 Å². The molecule has 150 valence electrons. The highest BCUT2D eigenvalue weighted by Crippen LogP contribution is 2.37. The van der Waals surface area contributed by atoms with Crippen LogP contribution < -0.4 is 4.90 Å². The molecule has 2 heterocycles. The SMILES string of the molecule is Cc1cccc(N2C(=O)/C(=C\c3ccc(-c4ccc(C(=O)O)c(Cl)c4)o3)SC2=S)c1. The lowest BCUT2D eigenvalue weighted by Crippen LogP contribution is -2.27. The number of carboxylic acid groups (broad SMARTS) is 1. The smallest absolute Gasteiger partial charge is 0.337 e. The van der Waals surface area contributed by atoms with Crippen molar-refractivity contribution >= 4 is 63.5 Å². The van der Waals surface area contributed by atoms with Crippen molar-refractivity contribution in [2.45, 2.75) is 6.92 Å². The van der Waals surface area contributed by atoms with Crippen LogP contribution in [0.2, 0.25) is 5.02 Å². The molecule has 1 amide bonds. The Labute approximate surface area is 186 Å². The maximum absolute atomic E-state index is 12.9. The number of amides is 1. The molecule has 1 aromatic heterocycles. The molecule has 0 radical (unpaired) electrons. The Morgan fingerprint density at radius 3 is 2.70 bits per heavy atom. The summed E-state index contributed by atoms with van der Waals surface area (Å²) in [6.45, 7) is 1.95. The second-order valence-electron chi connectivity index (χ2n) is 6.56. The van der Waals surface area contributed by atoms with Gasteiger partial charge in [-0.15, -0.1) is 0 Å². The Morgan fingerprint density at radius 2 is 2.00 bits per heavy atom. The fourth-order valence-electron chi connectivity index (χ4n) is 3.01. The number of rotatable bonds is 4. The number of aromatic carboxylic acids is 1. The molecule has 0 saturated carbocycles. The van der Waals surface area contributed by atoms with E-state index in [4.69, 9.17) is 33.3 Å². The van der Waals surface area contributed by atoms with Crippen LogP contribution in [0.25, 0.3) is 17.4 Å². The number of halogens is 1. The average molecular weight is 456 g/mol. The van der Waals surface area contributed by atoms with E-state index >= 15 is 0 Å². The molecule has 0 bridgehead atoms. The van der Waals surface area contributed by atoms with Gasteiger partial charge in [-0.25, -0.2) is 4.79 Å². The van der Waals surface area contributed by atoms with E-state index in [0.717, 1.165) is 11.3 Å². The molecule has 1 fully saturated rings. The van der Waals surface area contributed by atoms with E-state index in [0.29, 0.717) is 26.3 Å². The molecular weight excluding hydrogens is 442 g/mol. The Kier molecular flexibility index (Phi) is 5.51. The molecule has 8 heteroatoms. The number of nitrogens with zero attached hydrogens (tertiary/aromatic N) is 1. The van der Waals surface area contributed by atoms with Crippen molar-refractivity contribution in [2.24, 2.45) is 0 Å². The molecule has 4 rings (SSSR count). The number of anilines is 1. The first-order valence-corrected chi connectivity index (χ1v) is 10.4. The van der Waals surface area contributed by atoms with Gasteiger partial charge < -0.3 is 9.52 Å². The van der Waals surface area contributed by atoms with Crippen LogP contribution in [0.5, 0.6) is 0 Å². The normalized spacial score (nSPS) is 15.3. The molecule has 3 aromatic rings. The van der Waals surface area contributed by atoms with Crippen LogP contribution in [0.1, 0.15) is 21.7 Å². The third kappa shape index (κ3) is 3.92. The predicted molar refractivity (Wildman–Crippen MR) is 123 cm³/mol. The first-order valence-electron chi connectivity index (χ1n) is 8.81. The maximum atomic E-state index is 12.9. The lowest BCUT2D eigenvalue weighted by atomic mass is 10.1. The molecule has 5 nitrogen and oxygen atoms in total. The van der Waals surface area contributed by atoms with Crippen molar-refractivity contribution in [3.63, 3.8) is 0 Å². The van der Waals surface area contributed by atoms with Gasteiger partial charge in [0.1, 0.15) is 11.5 Å². The number of carbonyl (C=O) groups excluding carboxylic acids is 1. The van der Waals surface area contributed by atoms with E-state index in [2.05, 4.69) is 0 Å². The van der Waals surface area contributed by atoms with Crippen molar-refractivity contribution < 1.29 is 19.1 Å². The van der Waals surface area contributed by atoms with Gasteiger partial charge in [-0.2, -0.15) is 0 Å². The summed E-state index contributed by atoms with van der Waals surface area (Å²) in [5, 5.41) is 9.21. The van der Waals surface area contributed by atoms with Crippen LogP contribution in [-0.4, -0.2) is 21.3 Å². The standard InChI is InChI=1S/C22H14ClNO4S2/c1-12-3-2-4-14(9-12)24-20(25)19(30-22(24)29)11-15-6-8-18(28-15)13-5-7-16(21(26)27)17(23)10-13/h2-11H,1H3,(H,26,27)/b19-11+. The van der Waals surface area contributed by atoms with Crippen molar-refractivity contribution in [3.05, 3.63) is 81.4 Å². The van der Waals surface area contributed by atoms with Gasteiger partial charge in [-0.3, -0.25) is 9.69 Å². The number of hydrogen-bond acceptors (Lipinski definition) is 5. The molecule has 1 aliphatic heterocycles. The zero-order valence-electron chi connectivity index (χ0n) is 15.6. The number of benzene rings is 2. The summed E-state index contributed by atoms with van der Waals surface area (Å²) in [4.78, 5) is 26.0. The third-order valence-electron chi connectivity index (χ3n) is 4.44. The molecule has 1 saturated heterocycles. The lowest BCUT2D eigenvalue weighted by Gasteiger charge is -2.14. The fraction of sp³-hybridized carbons (Fsp3) is 0.0455. The summed E-state index contributed by atoms with van der Waals surface area (Å²) in [6.07, 6.45) is 1.64. The van der Waals surface area contributed by atoms with Gasteiger partial charge in [-0.1, -0.05) is 53.8 Å². The summed E-state index contributed by atoms with van der Waals surface area (Å²) in [5.74, 6) is -0.313. The highest BCUT2D eigenvalue weighted by atomic mass is 35.5. The second kappa shape index (κ2) is 8.10. The topological polar surface area (TPSA) is 70.8 Å². The number of thiocarbonyl (C=S) groups is 1. The summed E-state index contributed by atoms with van der Waals surface area (Å²) < 4.78 is 6.28. The van der Waals surface area contributed by atoms with Crippen LogP contribution in [0.4, 0.5) is 5.69 Å². The number of carbonyl (C=O) groups is 2. The van der Waals surface area contributed by atoms with Crippen LogP contribution in [-0.2, 0) is 4.79 Å². The van der Waals surface area contributed by atoms with Crippen LogP contribution >= 0.6 is 35.6 Å². The molecule has 1 N–H and O–H groups in total. The average Bonchev–Trinajstić information content (AvgIpc) is 3.26. The molecule has 1 aliphatic rings. The largest absolute Gasteiger partial charge is 0.478 e. The van der Waals surface area contributed by atoms with E-state index < -0.39 is 5.97 Å². The summed E-state index contributed by atoms with van der Waals surface area (Å²) in [6, 6.07) is 15.6. The zero-order valence-corrected chi connectivity index (χ0v) is 18.0. The number of carboxylic acids is 1. The zero-order chi connectivity index (χ0) is 21.4. The minimum atomic E-state index is -1.10. The summed E-state index contributed by atoms with van der Waals surface area (Å²) in [5.41, 5.74) is 2.42. The van der Waals surface area contributed by atoms with Crippen molar-refractivity contribution in [2.75, 3.05) is 4.90 Å². The Balaban J connectivity index is 1.60. The predicted octanol–water partition coefficient (Wildman–Crippen LogP) is 6.01. The van der Waals surface area contributed by atoms with Crippen LogP contribution in [0, 0.1) is 6.92 Å². The monoisotopic (exact) mass is 455 g/mol. The van der Waals surface area contributed by atoms with E-state index in [9.17, 15) is 9.59 Å². The first-order chi connectivity index (χ1) is 14.3. The van der Waals surface area contributed by atoms with Gasteiger partial charge in [0, 0.05) is 11.6 Å². The molecule has 2 aromatic carbocycles. The van der Waals surface area contributed by atoms with Gasteiger partial charge in [0.25, 0.3) is 5.91 Å². The number of aryl methyl sites for hydroxylation is 1. The molecule has 0 spiro atoms. The van der Waals surface area contributed by atoms with Gasteiger partial charge in [0.2, 0.25) is 0 Å². The second-order valence-corrected chi connectivity index (χ2v) is 8.64. The van der Waals surface area contributed by atoms with Crippen molar-refractivity contribution in [1.29, 1.82) is 0 Å². The molecular formula is C22H14ClNO4S2. The lowest BCUT2D eigenvalue weighted by molar-refractivity contribution is -0.113. The van der Waals surface area contributed by atoms with Crippen molar-refractivity contribution in [3.8, 4) is 11.3 Å². The van der Waals surface area contributed by atoms with Crippen molar-refractivity contribution in [1.82, 2.24) is 0 Å². The number of hydrogen-bond donors (Lipinski definition) is 1. The highest BCUT2D eigenvalue weighted by molar-refractivity contribution is 8.27. The van der Waals surface area contributed by atoms with Crippen LogP contribution in [0.3, 0.4) is 0 Å². The Bertz CT molecular complexity index is 1230. The molecule has 0 unspecified atom stereocenters. The van der Waals surface area contributed by atoms with E-state index in [1.807, 2.05) is 31.2 Å². The maximum Gasteiger partial charge on any atom is 0.337 e. The summed E-state index contributed by atoms with van der Waals surface area (Å²) >= 11 is 12.6. The Hall–Kier alpha value is -2.87. The van der Waals surface area contributed by atoms with E-state index in [1.165, 1.54) is 28.8 Å². The molecule has 0 atom stereocenters. The van der Waals surface area contributed by atoms with E-state index in [-0.39, 0.29) is 16.5 Å². The minimum Gasteiger partial charge on any atom is -0.478 e. The van der Waals surface area contributed by atoms with E-state index in [1.54, 1.807) is 24.3 Å². The fourth-order valence-corrected chi connectivity index (χ4v) is 4.55. The minimum absolute atomic E-state index is 0.0204. The Morgan fingerprint density at radius 1 is 1.20 bits per heavy atom. The molecule has 30 heavy (non-hydrogen) atoms. The van der Waals surface area contributed by atoms with Crippen LogP contribution in [0.15, 0.2) is 63.9 Å².